The zero-order valence-corrected chi connectivity index (χ0v) is 32.5. The Morgan fingerprint density at radius 3 is 1.81 bits per heavy atom. The Morgan fingerprint density at radius 2 is 1.02 bits per heavy atom. The van der Waals surface area contributed by atoms with Crippen molar-refractivity contribution in [3.63, 3.8) is 0 Å². The lowest BCUT2D eigenvalue weighted by Crippen LogP contribution is -2.07. The summed E-state index contributed by atoms with van der Waals surface area (Å²) in [6.07, 6.45) is 0. The predicted octanol–water partition coefficient (Wildman–Crippen LogP) is 13.4. The van der Waals surface area contributed by atoms with Crippen LogP contribution in [0.4, 0.5) is 0 Å². The third-order valence-corrected chi connectivity index (χ3v) is 11.8. The molecule has 0 spiro atoms. The summed E-state index contributed by atoms with van der Waals surface area (Å²) < 4.78 is 11.0. The molecule has 0 aliphatic carbocycles. The first kappa shape index (κ1) is 33.5. The van der Waals surface area contributed by atoms with Gasteiger partial charge in [0.2, 0.25) is 5.95 Å². The molecule has 0 fully saturated rings. The van der Waals surface area contributed by atoms with E-state index in [0.717, 1.165) is 98.9 Å². The van der Waals surface area contributed by atoms with Gasteiger partial charge in [-0.2, -0.15) is 9.97 Å². The first-order chi connectivity index (χ1) is 29.2. The molecular weight excluding hydrogens is 742 g/mol. The molecule has 276 valence electrons. The van der Waals surface area contributed by atoms with Crippen LogP contribution in [0, 0.1) is 0 Å². The quantitative estimate of drug-likeness (QED) is 0.158. The molecule has 0 bridgehead atoms. The largest absolute Gasteiger partial charge is 0.454 e. The van der Waals surface area contributed by atoms with Gasteiger partial charge in [0.25, 0.3) is 0 Å². The SMILES string of the molecule is P=Cn1c2ccccc2c2cc(-c3nc(-c4ccccc4-c4ccccc4-c4ccccc4)nc(-n4c5ccccc5c5ccc6c7ccccc7oc6c54)n3)ccc21. The molecule has 7 heteroatoms. The van der Waals surface area contributed by atoms with Crippen LogP contribution in [0.5, 0.6) is 0 Å². The van der Waals surface area contributed by atoms with E-state index in [1.54, 1.807) is 0 Å². The molecule has 0 aliphatic rings. The van der Waals surface area contributed by atoms with Crippen LogP contribution in [-0.2, 0) is 0 Å². The van der Waals surface area contributed by atoms with E-state index < -0.39 is 0 Å². The minimum atomic E-state index is 0.506. The second-order valence-corrected chi connectivity index (χ2v) is 15.0. The monoisotopic (exact) mass is 773 g/mol. The molecule has 6 nitrogen and oxygen atoms in total. The lowest BCUT2D eigenvalue weighted by Gasteiger charge is -2.15. The highest BCUT2D eigenvalue weighted by Crippen LogP contribution is 2.42. The van der Waals surface area contributed by atoms with Gasteiger partial charge in [-0.1, -0.05) is 140 Å². The zero-order chi connectivity index (χ0) is 39.0. The van der Waals surface area contributed by atoms with Crippen LogP contribution < -0.4 is 0 Å². The molecule has 8 aromatic carbocycles. The van der Waals surface area contributed by atoms with Crippen molar-refractivity contribution in [1.82, 2.24) is 24.1 Å². The molecule has 0 saturated carbocycles. The van der Waals surface area contributed by atoms with Gasteiger partial charge < -0.3 is 8.98 Å². The van der Waals surface area contributed by atoms with Crippen LogP contribution in [0.2, 0.25) is 0 Å². The Bertz CT molecular complexity index is 3650. The number of rotatable bonds is 6. The van der Waals surface area contributed by atoms with Gasteiger partial charge >= 0.3 is 0 Å². The highest BCUT2D eigenvalue weighted by molar-refractivity contribution is 7.18. The number of para-hydroxylation sites is 3. The van der Waals surface area contributed by atoms with E-state index in [1.807, 2.05) is 18.1 Å². The first-order valence-electron chi connectivity index (χ1n) is 19.6. The lowest BCUT2D eigenvalue weighted by atomic mass is 9.91. The van der Waals surface area contributed by atoms with Gasteiger partial charge in [-0.15, -0.1) is 8.86 Å². The number of aromatic nitrogens is 5. The van der Waals surface area contributed by atoms with Gasteiger partial charge in [0.1, 0.15) is 11.1 Å². The van der Waals surface area contributed by atoms with Crippen LogP contribution >= 0.6 is 8.86 Å². The van der Waals surface area contributed by atoms with Crippen molar-refractivity contribution in [3.8, 4) is 51.0 Å². The first-order valence-corrected chi connectivity index (χ1v) is 20.2. The summed E-state index contributed by atoms with van der Waals surface area (Å²) in [5.41, 5.74) is 11.9. The Balaban J connectivity index is 1.17. The molecule has 0 atom stereocenters. The molecule has 12 rings (SSSR count). The maximum Gasteiger partial charge on any atom is 0.238 e. The van der Waals surface area contributed by atoms with E-state index in [1.165, 1.54) is 0 Å². The van der Waals surface area contributed by atoms with Gasteiger partial charge in [0, 0.05) is 49.4 Å². The Morgan fingerprint density at radius 1 is 0.424 bits per heavy atom. The van der Waals surface area contributed by atoms with Crippen molar-refractivity contribution in [1.29, 1.82) is 0 Å². The maximum atomic E-state index is 6.72. The highest BCUT2D eigenvalue weighted by Gasteiger charge is 2.23. The molecule has 12 aromatic rings. The Labute approximate surface area is 340 Å². The number of nitrogens with zero attached hydrogens (tertiary/aromatic N) is 5. The summed E-state index contributed by atoms with van der Waals surface area (Å²) in [6.45, 7) is 0. The number of fused-ring (bicyclic) bond motifs is 10. The van der Waals surface area contributed by atoms with Crippen LogP contribution in [0.25, 0.3) is 117 Å². The smallest absolute Gasteiger partial charge is 0.238 e. The van der Waals surface area contributed by atoms with E-state index >= 15 is 0 Å². The average Bonchev–Trinajstić information content (AvgIpc) is 3.96. The number of benzene rings is 8. The van der Waals surface area contributed by atoms with Gasteiger partial charge in [-0.25, -0.2) is 4.98 Å². The summed E-state index contributed by atoms with van der Waals surface area (Å²) in [6, 6.07) is 63.4. The third-order valence-electron chi connectivity index (χ3n) is 11.6. The molecule has 0 saturated heterocycles. The van der Waals surface area contributed by atoms with Crippen molar-refractivity contribution in [3.05, 3.63) is 182 Å². The highest BCUT2D eigenvalue weighted by atomic mass is 31.0. The summed E-state index contributed by atoms with van der Waals surface area (Å²) in [4.78, 5) is 16.2. The van der Waals surface area contributed by atoms with E-state index in [4.69, 9.17) is 19.4 Å². The van der Waals surface area contributed by atoms with Crippen LogP contribution in [-0.4, -0.2) is 30.0 Å². The van der Waals surface area contributed by atoms with Crippen molar-refractivity contribution in [2.24, 2.45) is 0 Å². The summed E-state index contributed by atoms with van der Waals surface area (Å²) in [7, 11) is 3.67. The van der Waals surface area contributed by atoms with E-state index in [9.17, 15) is 0 Å². The number of furan rings is 1. The van der Waals surface area contributed by atoms with Crippen molar-refractivity contribution >= 4 is 80.3 Å². The number of hydrogen-bond donors (Lipinski definition) is 0. The summed E-state index contributed by atoms with van der Waals surface area (Å²) in [5.74, 6) is 3.57. The normalized spacial score (nSPS) is 11.8. The van der Waals surface area contributed by atoms with Crippen LogP contribution in [0.3, 0.4) is 0 Å². The fourth-order valence-electron chi connectivity index (χ4n) is 8.93. The molecule has 0 amide bonds. The van der Waals surface area contributed by atoms with Gasteiger partial charge in [0.15, 0.2) is 17.2 Å². The zero-order valence-electron chi connectivity index (χ0n) is 31.5. The van der Waals surface area contributed by atoms with Gasteiger partial charge in [-0.05, 0) is 64.7 Å². The van der Waals surface area contributed by atoms with E-state index in [0.29, 0.717) is 17.6 Å². The fraction of sp³-hybridized carbons (Fsp3) is 0. The molecule has 0 radical (unpaired) electrons. The number of hydrogen-bond acceptors (Lipinski definition) is 4. The third kappa shape index (κ3) is 5.14. The second-order valence-electron chi connectivity index (χ2n) is 14.8. The average molecular weight is 774 g/mol. The molecule has 0 unspecified atom stereocenters. The summed E-state index contributed by atoms with van der Waals surface area (Å²) >= 11 is 0. The van der Waals surface area contributed by atoms with E-state index in [-0.39, 0.29) is 0 Å². The van der Waals surface area contributed by atoms with Crippen molar-refractivity contribution in [2.45, 2.75) is 0 Å². The molecule has 4 aromatic heterocycles. The molecule has 0 N–H and O–H groups in total. The standard InChI is InChI=1S/C52H32N5OP/c59-31-56-44-23-11-8-20-38(44)43-30-33(26-29-45(43)56)50-53-51(42-22-7-6-18-36(42)35-17-5-4-16-34(35)32-14-2-1-3-15-32)55-52(54-50)57-46-24-12-9-19-37(46)40-27-28-41-39-21-10-13-25-47(39)58-49(41)48(40)57/h1-31,59H. The van der Waals surface area contributed by atoms with Gasteiger partial charge in [0.05, 0.1) is 16.6 Å². The maximum absolute atomic E-state index is 6.72. The lowest BCUT2D eigenvalue weighted by molar-refractivity contribution is 0.670. The van der Waals surface area contributed by atoms with Crippen molar-refractivity contribution < 1.29 is 4.42 Å². The van der Waals surface area contributed by atoms with Crippen LogP contribution in [0.15, 0.2) is 186 Å². The second kappa shape index (κ2) is 13.2. The summed E-state index contributed by atoms with van der Waals surface area (Å²) in [5, 5.41) is 6.51. The van der Waals surface area contributed by atoms with Crippen LogP contribution in [0.1, 0.15) is 0 Å². The van der Waals surface area contributed by atoms with Crippen molar-refractivity contribution in [2.75, 3.05) is 0 Å². The Hall–Kier alpha value is -7.66. The van der Waals surface area contributed by atoms with Gasteiger partial charge in [-0.3, -0.25) is 4.57 Å². The topological polar surface area (TPSA) is 61.7 Å². The minimum absolute atomic E-state index is 0.506. The molecule has 0 aliphatic heterocycles. The predicted molar refractivity (Wildman–Crippen MR) is 246 cm³/mol. The molecular formula is C52H32N5OP. The minimum Gasteiger partial charge on any atom is -0.454 e. The van der Waals surface area contributed by atoms with E-state index in [2.05, 4.69) is 188 Å². The Kier molecular flexibility index (Phi) is 7.49. The molecule has 4 heterocycles. The molecule has 59 heavy (non-hydrogen) atoms. The fourth-order valence-corrected chi connectivity index (χ4v) is 9.21.